The number of esters is 1. The van der Waals surface area contributed by atoms with E-state index in [-0.39, 0.29) is 41.3 Å². The van der Waals surface area contributed by atoms with Crippen molar-refractivity contribution in [1.29, 1.82) is 0 Å². The van der Waals surface area contributed by atoms with E-state index in [1.165, 1.54) is 12.0 Å². The molecule has 0 amide bonds. The third-order valence-corrected chi connectivity index (χ3v) is 11.3. The van der Waals surface area contributed by atoms with Crippen molar-refractivity contribution >= 4 is 17.7 Å². The molecule has 0 aromatic heterocycles. The average Bonchev–Trinajstić information content (AvgIpc) is 3.39. The number of hydrogen-bond donors (Lipinski definition) is 3. The lowest BCUT2D eigenvalue weighted by Crippen LogP contribution is -2.59. The number of ketones is 1. The summed E-state index contributed by atoms with van der Waals surface area (Å²) in [6.07, 6.45) is 10.1. The fourth-order valence-electron chi connectivity index (χ4n) is 9.42. The molecule has 5 aliphatic rings. The van der Waals surface area contributed by atoms with Crippen molar-refractivity contribution in [3.63, 3.8) is 0 Å². The lowest BCUT2D eigenvalue weighted by atomic mass is 9.43. The van der Waals surface area contributed by atoms with E-state index in [0.717, 1.165) is 38.5 Å². The Hall–Kier alpha value is -1.73. The van der Waals surface area contributed by atoms with Crippen LogP contribution in [0, 0.1) is 40.4 Å². The molecular weight excluding hydrogens is 446 g/mol. The first-order valence-corrected chi connectivity index (χ1v) is 13.6. The molecule has 1 heterocycles. The summed E-state index contributed by atoms with van der Waals surface area (Å²) in [5.41, 5.74) is 6.11. The zero-order valence-corrected chi connectivity index (χ0v) is 21.1. The molecule has 4 fully saturated rings. The molecule has 0 saturated heterocycles. The zero-order valence-electron chi connectivity index (χ0n) is 21.1. The third-order valence-electron chi connectivity index (χ3n) is 11.3. The number of cyclic esters (lactones) is 1. The fourth-order valence-corrected chi connectivity index (χ4v) is 9.42. The van der Waals surface area contributed by atoms with Crippen LogP contribution in [0.25, 0.3) is 0 Å². The number of carboxylic acids is 1. The lowest BCUT2D eigenvalue weighted by molar-refractivity contribution is -0.167. The molecule has 0 bridgehead atoms. The minimum atomic E-state index is -1.43. The molecule has 4 N–H and O–H groups in total. The van der Waals surface area contributed by atoms with Gasteiger partial charge in [0.05, 0.1) is 6.04 Å². The number of carboxylic acid groups (broad SMARTS) is 1. The van der Waals surface area contributed by atoms with E-state index < -0.39 is 17.6 Å². The van der Waals surface area contributed by atoms with Gasteiger partial charge < -0.3 is 20.7 Å². The van der Waals surface area contributed by atoms with Gasteiger partial charge in [0, 0.05) is 12.5 Å². The second kappa shape index (κ2) is 8.69. The van der Waals surface area contributed by atoms with Gasteiger partial charge in [0.2, 0.25) is 0 Å². The predicted molar refractivity (Wildman–Crippen MR) is 129 cm³/mol. The van der Waals surface area contributed by atoms with E-state index in [4.69, 9.17) is 15.6 Å². The number of ether oxygens (including phenoxy) is 1. The van der Waals surface area contributed by atoms with E-state index >= 15 is 0 Å². The summed E-state index contributed by atoms with van der Waals surface area (Å²) in [6.45, 7) is 5.30. The minimum absolute atomic E-state index is 0.0671. The molecule has 194 valence electrons. The molecular formula is C28H41NO6. The van der Waals surface area contributed by atoms with Gasteiger partial charge in [0.15, 0.2) is 5.78 Å². The molecule has 9 atom stereocenters. The Morgan fingerprint density at radius 1 is 1.09 bits per heavy atom. The van der Waals surface area contributed by atoms with Crippen LogP contribution in [0.3, 0.4) is 0 Å². The molecule has 0 aromatic rings. The lowest BCUT2D eigenvalue weighted by Gasteiger charge is -2.62. The zero-order chi connectivity index (χ0) is 25.2. The maximum Gasteiger partial charge on any atom is 0.331 e. The van der Waals surface area contributed by atoms with E-state index in [1.54, 1.807) is 6.08 Å². The molecule has 4 saturated carbocycles. The van der Waals surface area contributed by atoms with Crippen LogP contribution in [0.5, 0.6) is 0 Å². The van der Waals surface area contributed by atoms with Gasteiger partial charge in [-0.05, 0) is 110 Å². The summed E-state index contributed by atoms with van der Waals surface area (Å²) in [7, 11) is 0. The van der Waals surface area contributed by atoms with E-state index in [9.17, 15) is 19.5 Å². The largest absolute Gasteiger partial charge is 0.481 e. The highest BCUT2D eigenvalue weighted by Crippen LogP contribution is 2.68. The summed E-state index contributed by atoms with van der Waals surface area (Å²) in [5, 5.41) is 20.3. The van der Waals surface area contributed by atoms with Crippen molar-refractivity contribution in [3.8, 4) is 0 Å². The molecule has 0 aromatic carbocycles. The number of aliphatic carboxylic acids is 1. The van der Waals surface area contributed by atoms with Crippen LogP contribution >= 0.6 is 0 Å². The van der Waals surface area contributed by atoms with Crippen LogP contribution < -0.4 is 5.73 Å². The minimum Gasteiger partial charge on any atom is -0.481 e. The molecule has 5 rings (SSSR count). The van der Waals surface area contributed by atoms with Gasteiger partial charge >= 0.3 is 11.9 Å². The molecule has 4 aliphatic carbocycles. The van der Waals surface area contributed by atoms with E-state index in [1.807, 2.05) is 0 Å². The maximum atomic E-state index is 13.1. The smallest absolute Gasteiger partial charge is 0.331 e. The predicted octanol–water partition coefficient (Wildman–Crippen LogP) is 3.62. The fraction of sp³-hybridized carbons (Fsp3) is 0.821. The van der Waals surface area contributed by atoms with Gasteiger partial charge in [-0.2, -0.15) is 0 Å². The van der Waals surface area contributed by atoms with Gasteiger partial charge in [-0.3, -0.25) is 9.59 Å². The van der Waals surface area contributed by atoms with Crippen molar-refractivity contribution in [3.05, 3.63) is 11.6 Å². The number of carbonyl (C=O) groups excluding carboxylic acids is 2. The Bertz CT molecular complexity index is 946. The molecule has 1 aliphatic heterocycles. The van der Waals surface area contributed by atoms with Crippen LogP contribution in [-0.4, -0.2) is 46.2 Å². The van der Waals surface area contributed by atoms with Crippen molar-refractivity contribution in [2.45, 2.75) is 96.1 Å². The summed E-state index contributed by atoms with van der Waals surface area (Å²) in [6, 6.07) is -0.927. The highest BCUT2D eigenvalue weighted by atomic mass is 16.5. The molecule has 7 nitrogen and oxygen atoms in total. The summed E-state index contributed by atoms with van der Waals surface area (Å²) >= 11 is 0. The van der Waals surface area contributed by atoms with Crippen LogP contribution in [-0.2, 0) is 19.1 Å². The van der Waals surface area contributed by atoms with E-state index in [2.05, 4.69) is 13.8 Å². The second-order valence-corrected chi connectivity index (χ2v) is 12.8. The first-order valence-electron chi connectivity index (χ1n) is 13.6. The highest BCUT2D eigenvalue weighted by molar-refractivity contribution is 5.92. The standard InChI is InChI=1S/C28H41NO6/c1-26-11-12-28(34,25(33)22(29)7-8-23(30)31)14-17(26)3-4-18-20-6-5-19(16-13-24(32)35-15-16)27(20,2)10-9-21(18)26/h13,17-22,34H,3-12,14-15,29H2,1-2H3,(H,30,31)/t17-,18+,19-,20+,21+,22+,26+,27-,28-/m1/s1. The molecule has 0 spiro atoms. The quantitative estimate of drug-likeness (QED) is 0.488. The number of aliphatic hydroxyl groups is 1. The Kier molecular flexibility index (Phi) is 6.19. The molecule has 0 radical (unpaired) electrons. The monoisotopic (exact) mass is 487 g/mol. The molecule has 0 unspecified atom stereocenters. The van der Waals surface area contributed by atoms with Crippen molar-refractivity contribution in [2.75, 3.05) is 6.61 Å². The summed E-state index contributed by atoms with van der Waals surface area (Å²) in [5.74, 6) is 1.06. The Morgan fingerprint density at radius 3 is 2.51 bits per heavy atom. The van der Waals surface area contributed by atoms with Gasteiger partial charge in [-0.1, -0.05) is 13.8 Å². The third kappa shape index (κ3) is 3.97. The van der Waals surface area contributed by atoms with Gasteiger partial charge in [0.1, 0.15) is 12.2 Å². The maximum absolute atomic E-state index is 13.1. The van der Waals surface area contributed by atoms with Crippen molar-refractivity contribution in [1.82, 2.24) is 0 Å². The van der Waals surface area contributed by atoms with Crippen molar-refractivity contribution in [2.24, 2.45) is 46.2 Å². The Morgan fingerprint density at radius 2 is 1.83 bits per heavy atom. The SMILES string of the molecule is C[C@]12CC[C@](O)(C(=O)[C@@H](N)CCC(=O)O)C[C@H]1CC[C@@H]1[C@@H]2CC[C@]2(C)[C@@H](C3=CC(=O)OC3)CC[C@@H]12. The van der Waals surface area contributed by atoms with E-state index in [0.29, 0.717) is 43.1 Å². The number of Topliss-reactive ketones (excluding diaryl/α,β-unsaturated/α-hetero) is 1. The second-order valence-electron chi connectivity index (χ2n) is 12.8. The number of carbonyl (C=O) groups is 3. The number of nitrogens with two attached hydrogens (primary N) is 1. The Labute approximate surface area is 207 Å². The number of hydrogen-bond acceptors (Lipinski definition) is 6. The van der Waals surface area contributed by atoms with Crippen molar-refractivity contribution < 1.29 is 29.3 Å². The van der Waals surface area contributed by atoms with Crippen LogP contribution in [0.1, 0.15) is 84.5 Å². The Balaban J connectivity index is 1.30. The van der Waals surface area contributed by atoms with Gasteiger partial charge in [0.25, 0.3) is 0 Å². The first-order chi connectivity index (χ1) is 16.5. The summed E-state index contributed by atoms with van der Waals surface area (Å²) in [4.78, 5) is 35.7. The highest BCUT2D eigenvalue weighted by Gasteiger charge is 2.62. The average molecular weight is 488 g/mol. The van der Waals surface area contributed by atoms with Crippen LogP contribution in [0.4, 0.5) is 0 Å². The van der Waals surface area contributed by atoms with Crippen LogP contribution in [0.15, 0.2) is 11.6 Å². The topological polar surface area (TPSA) is 127 Å². The first kappa shape index (κ1) is 24.9. The van der Waals surface area contributed by atoms with Crippen LogP contribution in [0.2, 0.25) is 0 Å². The number of fused-ring (bicyclic) bond motifs is 5. The number of rotatable bonds is 6. The normalized spacial score (nSPS) is 45.5. The molecule has 7 heteroatoms. The van der Waals surface area contributed by atoms with Gasteiger partial charge in [-0.15, -0.1) is 0 Å². The van der Waals surface area contributed by atoms with Gasteiger partial charge in [-0.25, -0.2) is 4.79 Å². The summed E-state index contributed by atoms with van der Waals surface area (Å²) < 4.78 is 5.26. The molecule has 35 heavy (non-hydrogen) atoms.